The molecular formula is C15H33NO. The summed E-state index contributed by atoms with van der Waals surface area (Å²) in [5.74, 6) is 0. The fourth-order valence-electron chi connectivity index (χ4n) is 2.31. The van der Waals surface area contributed by atoms with Crippen LogP contribution in [0.3, 0.4) is 0 Å². The van der Waals surface area contributed by atoms with E-state index in [0.29, 0.717) is 0 Å². The molecule has 0 aromatic rings. The lowest BCUT2D eigenvalue weighted by Crippen LogP contribution is -2.35. The molecule has 0 fully saturated rings. The molecule has 0 aliphatic heterocycles. The molecule has 17 heavy (non-hydrogen) atoms. The molecule has 2 N–H and O–H groups in total. The van der Waals surface area contributed by atoms with Crippen LogP contribution in [0.4, 0.5) is 0 Å². The molecule has 0 saturated heterocycles. The van der Waals surface area contributed by atoms with Crippen molar-refractivity contribution in [3.8, 4) is 0 Å². The van der Waals surface area contributed by atoms with Crippen LogP contribution in [-0.4, -0.2) is 19.3 Å². The summed E-state index contributed by atoms with van der Waals surface area (Å²) < 4.78 is 5.44. The smallest absolute Gasteiger partial charge is 0.0722 e. The van der Waals surface area contributed by atoms with E-state index in [0.717, 1.165) is 19.3 Å². The Kier molecular flexibility index (Phi) is 12.3. The summed E-state index contributed by atoms with van der Waals surface area (Å²) in [6, 6.07) is 0.232. The van der Waals surface area contributed by atoms with Gasteiger partial charge in [0, 0.05) is 13.2 Å². The van der Waals surface area contributed by atoms with E-state index in [1.165, 1.54) is 44.9 Å². The monoisotopic (exact) mass is 243 g/mol. The summed E-state index contributed by atoms with van der Waals surface area (Å²) >= 11 is 0. The Labute approximate surface area is 108 Å². The summed E-state index contributed by atoms with van der Waals surface area (Å²) in [7, 11) is 1.78. The standard InChI is InChI=1S/C15H33NO/c1-4-6-7-8-9-10-11-13-14(16)15(17-3)12-5-2/h14-15H,4-13,16H2,1-3H3. The van der Waals surface area contributed by atoms with Crippen molar-refractivity contribution in [2.75, 3.05) is 7.11 Å². The van der Waals surface area contributed by atoms with Gasteiger partial charge in [-0.15, -0.1) is 0 Å². The molecule has 0 radical (unpaired) electrons. The molecule has 0 rings (SSSR count). The number of methoxy groups -OCH3 is 1. The Morgan fingerprint density at radius 2 is 1.41 bits per heavy atom. The van der Waals surface area contributed by atoms with Gasteiger partial charge in [-0.25, -0.2) is 0 Å². The van der Waals surface area contributed by atoms with Crippen LogP contribution in [0.1, 0.15) is 78.1 Å². The topological polar surface area (TPSA) is 35.2 Å². The zero-order chi connectivity index (χ0) is 12.9. The fraction of sp³-hybridized carbons (Fsp3) is 1.00. The minimum absolute atomic E-state index is 0.232. The van der Waals surface area contributed by atoms with Gasteiger partial charge in [0.2, 0.25) is 0 Å². The highest BCUT2D eigenvalue weighted by Gasteiger charge is 2.15. The maximum atomic E-state index is 6.15. The minimum Gasteiger partial charge on any atom is -0.380 e. The summed E-state index contributed by atoms with van der Waals surface area (Å²) in [6.45, 7) is 4.45. The average Bonchev–Trinajstić information content (AvgIpc) is 2.34. The van der Waals surface area contributed by atoms with Crippen molar-refractivity contribution in [1.29, 1.82) is 0 Å². The van der Waals surface area contributed by atoms with Gasteiger partial charge in [-0.1, -0.05) is 65.2 Å². The molecule has 0 bridgehead atoms. The molecule has 0 aliphatic rings. The average molecular weight is 243 g/mol. The molecule has 2 nitrogen and oxygen atoms in total. The van der Waals surface area contributed by atoms with Gasteiger partial charge in [0.05, 0.1) is 6.10 Å². The molecule has 0 aliphatic carbocycles. The van der Waals surface area contributed by atoms with Crippen molar-refractivity contribution in [2.45, 2.75) is 90.2 Å². The van der Waals surface area contributed by atoms with Crippen LogP contribution in [0.2, 0.25) is 0 Å². The van der Waals surface area contributed by atoms with E-state index in [4.69, 9.17) is 10.5 Å². The Balaban J connectivity index is 3.39. The fourth-order valence-corrected chi connectivity index (χ4v) is 2.31. The van der Waals surface area contributed by atoms with Crippen molar-refractivity contribution in [1.82, 2.24) is 0 Å². The van der Waals surface area contributed by atoms with Gasteiger partial charge < -0.3 is 10.5 Å². The Morgan fingerprint density at radius 1 is 0.824 bits per heavy atom. The predicted octanol–water partition coefficient (Wildman–Crippen LogP) is 4.27. The molecule has 2 atom stereocenters. The van der Waals surface area contributed by atoms with Gasteiger partial charge in [0.15, 0.2) is 0 Å². The van der Waals surface area contributed by atoms with Crippen LogP contribution in [0.25, 0.3) is 0 Å². The molecule has 0 amide bonds. The predicted molar refractivity (Wildman–Crippen MR) is 76.3 cm³/mol. The normalized spacial score (nSPS) is 14.8. The van der Waals surface area contributed by atoms with Gasteiger partial charge in [-0.3, -0.25) is 0 Å². The lowest BCUT2D eigenvalue weighted by Gasteiger charge is -2.22. The van der Waals surface area contributed by atoms with E-state index in [9.17, 15) is 0 Å². The van der Waals surface area contributed by atoms with Gasteiger partial charge in [-0.05, 0) is 12.8 Å². The van der Waals surface area contributed by atoms with Gasteiger partial charge in [0.25, 0.3) is 0 Å². The Bertz CT molecular complexity index is 150. The number of ether oxygens (including phenoxy) is 1. The second kappa shape index (κ2) is 12.4. The lowest BCUT2D eigenvalue weighted by atomic mass is 10.00. The minimum atomic E-state index is 0.232. The zero-order valence-electron chi connectivity index (χ0n) is 12.2. The van der Waals surface area contributed by atoms with Crippen LogP contribution < -0.4 is 5.73 Å². The van der Waals surface area contributed by atoms with Crippen molar-refractivity contribution in [3.05, 3.63) is 0 Å². The first-order valence-corrected chi connectivity index (χ1v) is 7.54. The molecule has 0 spiro atoms. The lowest BCUT2D eigenvalue weighted by molar-refractivity contribution is 0.0694. The van der Waals surface area contributed by atoms with Crippen LogP contribution in [-0.2, 0) is 4.74 Å². The Morgan fingerprint density at radius 3 is 1.94 bits per heavy atom. The quantitative estimate of drug-likeness (QED) is 0.520. The summed E-state index contributed by atoms with van der Waals surface area (Å²) in [5.41, 5.74) is 6.15. The summed E-state index contributed by atoms with van der Waals surface area (Å²) in [4.78, 5) is 0. The van der Waals surface area contributed by atoms with E-state index < -0.39 is 0 Å². The molecule has 104 valence electrons. The van der Waals surface area contributed by atoms with E-state index in [1.807, 2.05) is 0 Å². The van der Waals surface area contributed by atoms with E-state index >= 15 is 0 Å². The molecule has 2 heteroatoms. The summed E-state index contributed by atoms with van der Waals surface area (Å²) in [5, 5.41) is 0. The van der Waals surface area contributed by atoms with Crippen LogP contribution >= 0.6 is 0 Å². The van der Waals surface area contributed by atoms with Crippen LogP contribution in [0, 0.1) is 0 Å². The number of hydrogen-bond acceptors (Lipinski definition) is 2. The molecule has 0 aromatic heterocycles. The molecule has 2 unspecified atom stereocenters. The van der Waals surface area contributed by atoms with Gasteiger partial charge in [0.1, 0.15) is 0 Å². The van der Waals surface area contributed by atoms with E-state index in [1.54, 1.807) is 7.11 Å². The molecule has 0 aromatic carbocycles. The molecule has 0 heterocycles. The third-order valence-corrected chi connectivity index (χ3v) is 3.49. The van der Waals surface area contributed by atoms with Crippen molar-refractivity contribution in [3.63, 3.8) is 0 Å². The first-order chi connectivity index (χ1) is 8.26. The van der Waals surface area contributed by atoms with Crippen molar-refractivity contribution in [2.24, 2.45) is 5.73 Å². The SMILES string of the molecule is CCCCCCCCCC(N)C(CCC)OC. The number of rotatable bonds is 12. The third kappa shape index (κ3) is 9.61. The van der Waals surface area contributed by atoms with Crippen LogP contribution in [0.15, 0.2) is 0 Å². The first kappa shape index (κ1) is 16.9. The summed E-state index contributed by atoms with van der Waals surface area (Å²) in [6.07, 6.45) is 13.1. The highest BCUT2D eigenvalue weighted by Crippen LogP contribution is 2.13. The molecular weight excluding hydrogens is 210 g/mol. The Hall–Kier alpha value is -0.0800. The number of nitrogens with two attached hydrogens (primary N) is 1. The highest BCUT2D eigenvalue weighted by atomic mass is 16.5. The second-order valence-electron chi connectivity index (χ2n) is 5.14. The van der Waals surface area contributed by atoms with Crippen molar-refractivity contribution >= 4 is 0 Å². The van der Waals surface area contributed by atoms with Crippen molar-refractivity contribution < 1.29 is 4.74 Å². The second-order valence-corrected chi connectivity index (χ2v) is 5.14. The molecule has 0 saturated carbocycles. The maximum Gasteiger partial charge on any atom is 0.0722 e. The number of unbranched alkanes of at least 4 members (excludes halogenated alkanes) is 6. The van der Waals surface area contributed by atoms with E-state index in [2.05, 4.69) is 13.8 Å². The third-order valence-electron chi connectivity index (χ3n) is 3.49. The maximum absolute atomic E-state index is 6.15. The number of hydrogen-bond donors (Lipinski definition) is 1. The van der Waals surface area contributed by atoms with E-state index in [-0.39, 0.29) is 12.1 Å². The van der Waals surface area contributed by atoms with Gasteiger partial charge in [-0.2, -0.15) is 0 Å². The van der Waals surface area contributed by atoms with Crippen LogP contribution in [0.5, 0.6) is 0 Å². The zero-order valence-corrected chi connectivity index (χ0v) is 12.2. The van der Waals surface area contributed by atoms with Gasteiger partial charge >= 0.3 is 0 Å². The largest absolute Gasteiger partial charge is 0.380 e. The highest BCUT2D eigenvalue weighted by molar-refractivity contribution is 4.72. The first-order valence-electron chi connectivity index (χ1n) is 7.54.